The third-order valence-corrected chi connectivity index (χ3v) is 3.32. The second kappa shape index (κ2) is 5.19. The van der Waals surface area contributed by atoms with Crippen molar-refractivity contribution in [1.29, 1.82) is 0 Å². The molecular weight excluding hydrogens is 262 g/mol. The van der Waals surface area contributed by atoms with Crippen LogP contribution in [0.1, 0.15) is 6.92 Å². The van der Waals surface area contributed by atoms with E-state index in [1.165, 1.54) is 24.4 Å². The molecule has 2 N–H and O–H groups in total. The first kappa shape index (κ1) is 11.8. The molecular formula is C11H11N7S. The molecule has 0 atom stereocenters. The second-order valence-electron chi connectivity index (χ2n) is 3.65. The Hall–Kier alpha value is -2.22. The average molecular weight is 273 g/mol. The number of H-pyrrole nitrogens is 1. The molecule has 0 amide bonds. The summed E-state index contributed by atoms with van der Waals surface area (Å²) in [6.07, 6.45) is 4.64. The number of imidazole rings is 1. The van der Waals surface area contributed by atoms with Gasteiger partial charge in [0.1, 0.15) is 34.0 Å². The van der Waals surface area contributed by atoms with Crippen LogP contribution in [0.3, 0.4) is 0 Å². The molecule has 0 aliphatic rings. The lowest BCUT2D eigenvalue weighted by atomic mass is 10.5. The molecule has 0 spiro atoms. The van der Waals surface area contributed by atoms with Gasteiger partial charge in [0.25, 0.3) is 0 Å². The van der Waals surface area contributed by atoms with E-state index in [2.05, 4.69) is 35.2 Å². The van der Waals surface area contributed by atoms with Crippen molar-refractivity contribution in [3.63, 3.8) is 0 Å². The molecule has 19 heavy (non-hydrogen) atoms. The molecule has 0 bridgehead atoms. The molecule has 0 aliphatic carbocycles. The molecule has 0 saturated heterocycles. The fourth-order valence-electron chi connectivity index (χ4n) is 1.59. The fourth-order valence-corrected chi connectivity index (χ4v) is 2.41. The summed E-state index contributed by atoms with van der Waals surface area (Å²) in [5.41, 5.74) is 1.47. The Bertz CT molecular complexity index is 696. The highest BCUT2D eigenvalue weighted by Crippen LogP contribution is 2.28. The van der Waals surface area contributed by atoms with Crippen molar-refractivity contribution in [2.45, 2.75) is 17.0 Å². The third kappa shape index (κ3) is 2.48. The maximum absolute atomic E-state index is 4.25. The van der Waals surface area contributed by atoms with Crippen molar-refractivity contribution in [3.05, 3.63) is 25.0 Å². The highest BCUT2D eigenvalue weighted by atomic mass is 32.2. The highest BCUT2D eigenvalue weighted by molar-refractivity contribution is 7.99. The Morgan fingerprint density at radius 3 is 2.95 bits per heavy atom. The Balaban J connectivity index is 1.92. The van der Waals surface area contributed by atoms with E-state index < -0.39 is 0 Å². The third-order valence-electron chi connectivity index (χ3n) is 2.39. The summed E-state index contributed by atoms with van der Waals surface area (Å²) in [5.74, 6) is 0.801. The number of nitrogens with zero attached hydrogens (tertiary/aromatic N) is 5. The standard InChI is InChI=1S/C11H11N7S/c1-2-12-7-3-8(14-4-13-7)19-11-9-10(16-5-15-9)17-6-18-11/h3-6H,2H2,1H3,(H,12,13,14)(H,15,16,17,18). The predicted octanol–water partition coefficient (Wildman–Crippen LogP) is 1.73. The quantitative estimate of drug-likeness (QED) is 0.699. The van der Waals surface area contributed by atoms with Crippen LogP contribution in [0, 0.1) is 0 Å². The number of aromatic amines is 1. The van der Waals surface area contributed by atoms with Crippen LogP contribution < -0.4 is 5.32 Å². The van der Waals surface area contributed by atoms with E-state index in [0.717, 1.165) is 27.9 Å². The van der Waals surface area contributed by atoms with Gasteiger partial charge < -0.3 is 10.3 Å². The van der Waals surface area contributed by atoms with Crippen molar-refractivity contribution in [1.82, 2.24) is 29.9 Å². The van der Waals surface area contributed by atoms with Gasteiger partial charge in [-0.3, -0.25) is 0 Å². The van der Waals surface area contributed by atoms with E-state index in [0.29, 0.717) is 5.65 Å². The topological polar surface area (TPSA) is 92.3 Å². The van der Waals surface area contributed by atoms with Crippen LogP contribution in [-0.4, -0.2) is 36.4 Å². The first-order valence-electron chi connectivity index (χ1n) is 5.74. The molecule has 3 heterocycles. The maximum Gasteiger partial charge on any atom is 0.181 e. The zero-order valence-electron chi connectivity index (χ0n) is 10.2. The monoisotopic (exact) mass is 273 g/mol. The minimum absolute atomic E-state index is 0.651. The molecule has 3 aromatic heterocycles. The Labute approximate surface area is 113 Å². The summed E-state index contributed by atoms with van der Waals surface area (Å²) < 4.78 is 0. The van der Waals surface area contributed by atoms with Crippen molar-refractivity contribution in [3.8, 4) is 0 Å². The first-order valence-corrected chi connectivity index (χ1v) is 6.56. The van der Waals surface area contributed by atoms with Gasteiger partial charge in [-0.25, -0.2) is 24.9 Å². The normalized spacial score (nSPS) is 10.8. The van der Waals surface area contributed by atoms with E-state index in [4.69, 9.17) is 0 Å². The Morgan fingerprint density at radius 2 is 2.05 bits per heavy atom. The van der Waals surface area contributed by atoms with Crippen LogP contribution in [0.4, 0.5) is 5.82 Å². The molecule has 96 valence electrons. The van der Waals surface area contributed by atoms with Crippen LogP contribution in [0.25, 0.3) is 11.2 Å². The predicted molar refractivity (Wildman–Crippen MR) is 72.0 cm³/mol. The molecule has 0 aromatic carbocycles. The van der Waals surface area contributed by atoms with Crippen LogP contribution >= 0.6 is 11.8 Å². The number of fused-ring (bicyclic) bond motifs is 1. The lowest BCUT2D eigenvalue weighted by molar-refractivity contribution is 1.02. The van der Waals surface area contributed by atoms with Gasteiger partial charge in [0, 0.05) is 12.6 Å². The van der Waals surface area contributed by atoms with Crippen LogP contribution in [0.5, 0.6) is 0 Å². The molecule has 0 radical (unpaired) electrons. The van der Waals surface area contributed by atoms with Gasteiger partial charge in [-0.05, 0) is 18.7 Å². The molecule has 0 aliphatic heterocycles. The lowest BCUT2D eigenvalue weighted by Gasteiger charge is -2.04. The van der Waals surface area contributed by atoms with E-state index in [1.54, 1.807) is 6.33 Å². The van der Waals surface area contributed by atoms with E-state index in [9.17, 15) is 0 Å². The van der Waals surface area contributed by atoms with Crippen molar-refractivity contribution < 1.29 is 0 Å². The van der Waals surface area contributed by atoms with Gasteiger partial charge in [0.15, 0.2) is 5.65 Å². The van der Waals surface area contributed by atoms with Crippen LogP contribution in [0.15, 0.2) is 35.1 Å². The SMILES string of the molecule is CCNc1cc(Sc2ncnc3nc[nH]c23)ncn1. The van der Waals surface area contributed by atoms with Crippen molar-refractivity contribution in [2.24, 2.45) is 0 Å². The van der Waals surface area contributed by atoms with Gasteiger partial charge in [-0.1, -0.05) is 0 Å². The van der Waals surface area contributed by atoms with E-state index >= 15 is 0 Å². The number of anilines is 1. The fraction of sp³-hybridized carbons (Fsp3) is 0.182. The Morgan fingerprint density at radius 1 is 1.16 bits per heavy atom. The summed E-state index contributed by atoms with van der Waals surface area (Å²) in [7, 11) is 0. The molecule has 7 nitrogen and oxygen atoms in total. The Kier molecular flexibility index (Phi) is 3.23. The van der Waals surface area contributed by atoms with E-state index in [1.807, 2.05) is 13.0 Å². The molecule has 0 saturated carbocycles. The minimum Gasteiger partial charge on any atom is -0.370 e. The summed E-state index contributed by atoms with van der Waals surface area (Å²) in [6.45, 7) is 2.84. The summed E-state index contributed by atoms with van der Waals surface area (Å²) >= 11 is 1.45. The molecule has 3 rings (SSSR count). The number of hydrogen-bond donors (Lipinski definition) is 2. The van der Waals surface area contributed by atoms with Crippen LogP contribution in [-0.2, 0) is 0 Å². The number of rotatable bonds is 4. The van der Waals surface area contributed by atoms with Gasteiger partial charge >= 0.3 is 0 Å². The zero-order valence-corrected chi connectivity index (χ0v) is 11.0. The van der Waals surface area contributed by atoms with Gasteiger partial charge in [-0.15, -0.1) is 0 Å². The largest absolute Gasteiger partial charge is 0.370 e. The molecule has 8 heteroatoms. The average Bonchev–Trinajstić information content (AvgIpc) is 2.89. The maximum atomic E-state index is 4.25. The zero-order chi connectivity index (χ0) is 13.1. The first-order chi connectivity index (χ1) is 9.36. The van der Waals surface area contributed by atoms with Crippen LogP contribution in [0.2, 0.25) is 0 Å². The molecule has 3 aromatic rings. The van der Waals surface area contributed by atoms with Gasteiger partial charge in [0.05, 0.1) is 6.33 Å². The van der Waals surface area contributed by atoms with Crippen molar-refractivity contribution in [2.75, 3.05) is 11.9 Å². The number of aromatic nitrogens is 6. The minimum atomic E-state index is 0.651. The summed E-state index contributed by atoms with van der Waals surface area (Å²) in [5, 5.41) is 4.76. The van der Waals surface area contributed by atoms with Gasteiger partial charge in [0.2, 0.25) is 0 Å². The van der Waals surface area contributed by atoms with Crippen molar-refractivity contribution >= 4 is 28.7 Å². The second-order valence-corrected chi connectivity index (χ2v) is 4.66. The molecule has 0 unspecified atom stereocenters. The number of nitrogens with one attached hydrogen (secondary N) is 2. The summed E-state index contributed by atoms with van der Waals surface area (Å²) in [6, 6.07) is 1.89. The smallest absolute Gasteiger partial charge is 0.181 e. The summed E-state index contributed by atoms with van der Waals surface area (Å²) in [4.78, 5) is 23.8. The molecule has 0 fully saturated rings. The highest BCUT2D eigenvalue weighted by Gasteiger charge is 2.08. The van der Waals surface area contributed by atoms with E-state index in [-0.39, 0.29) is 0 Å². The van der Waals surface area contributed by atoms with Gasteiger partial charge in [-0.2, -0.15) is 0 Å². The lowest BCUT2D eigenvalue weighted by Crippen LogP contribution is -1.99. The number of hydrogen-bond acceptors (Lipinski definition) is 7.